The average Bonchev–Trinajstić information content (AvgIpc) is 2.95. The van der Waals surface area contributed by atoms with E-state index in [2.05, 4.69) is 10.2 Å². The van der Waals surface area contributed by atoms with E-state index in [0.717, 1.165) is 16.5 Å². The number of aromatic nitrogens is 2. The standard InChI is InChI=1S/C16H13FN2O2/c1-10(11-4-6-14(17)7-5-11)21-16(20)12-2-3-13-9-18-19-15(13)8-12/h2-10H,1H3,(H,18,19). The maximum Gasteiger partial charge on any atom is 0.338 e. The largest absolute Gasteiger partial charge is 0.454 e. The number of esters is 1. The van der Waals surface area contributed by atoms with Crippen LogP contribution >= 0.6 is 0 Å². The van der Waals surface area contributed by atoms with Crippen LogP contribution in [0.3, 0.4) is 0 Å². The van der Waals surface area contributed by atoms with Gasteiger partial charge in [0, 0.05) is 5.39 Å². The summed E-state index contributed by atoms with van der Waals surface area (Å²) in [6, 6.07) is 11.1. The van der Waals surface area contributed by atoms with Crippen molar-refractivity contribution in [3.63, 3.8) is 0 Å². The van der Waals surface area contributed by atoms with E-state index in [9.17, 15) is 9.18 Å². The number of H-pyrrole nitrogens is 1. The molecule has 1 heterocycles. The minimum absolute atomic E-state index is 0.318. The van der Waals surface area contributed by atoms with Crippen LogP contribution in [0, 0.1) is 5.82 Å². The SMILES string of the molecule is CC(OC(=O)c1ccc2cn[nH]c2c1)c1ccc(F)cc1. The molecule has 0 bridgehead atoms. The molecule has 5 heteroatoms. The smallest absolute Gasteiger partial charge is 0.338 e. The Morgan fingerprint density at radius 3 is 2.76 bits per heavy atom. The zero-order valence-electron chi connectivity index (χ0n) is 11.3. The van der Waals surface area contributed by atoms with Crippen molar-refractivity contribution < 1.29 is 13.9 Å². The van der Waals surface area contributed by atoms with Gasteiger partial charge in [0.25, 0.3) is 0 Å². The predicted octanol–water partition coefficient (Wildman–Crippen LogP) is 3.62. The highest BCUT2D eigenvalue weighted by molar-refractivity contribution is 5.94. The molecule has 0 radical (unpaired) electrons. The molecule has 0 aliphatic heterocycles. The highest BCUT2D eigenvalue weighted by Crippen LogP contribution is 2.20. The third-order valence-corrected chi connectivity index (χ3v) is 3.30. The number of carbonyl (C=O) groups is 1. The van der Waals surface area contributed by atoms with E-state index in [-0.39, 0.29) is 5.82 Å². The molecule has 4 nitrogen and oxygen atoms in total. The molecule has 21 heavy (non-hydrogen) atoms. The van der Waals surface area contributed by atoms with Gasteiger partial charge in [-0.05, 0) is 36.8 Å². The van der Waals surface area contributed by atoms with Crippen LogP contribution in [0.5, 0.6) is 0 Å². The molecule has 0 saturated carbocycles. The summed E-state index contributed by atoms with van der Waals surface area (Å²) in [5.74, 6) is -0.745. The lowest BCUT2D eigenvalue weighted by Gasteiger charge is -2.13. The Kier molecular flexibility index (Phi) is 3.39. The number of carbonyl (C=O) groups excluding carboxylic acids is 1. The predicted molar refractivity (Wildman–Crippen MR) is 76.3 cm³/mol. The van der Waals surface area contributed by atoms with Gasteiger partial charge in [0.1, 0.15) is 11.9 Å². The Hall–Kier alpha value is -2.69. The Balaban J connectivity index is 1.77. The number of ether oxygens (including phenoxy) is 1. The second-order valence-corrected chi connectivity index (χ2v) is 4.77. The van der Waals surface area contributed by atoms with Gasteiger partial charge in [0.15, 0.2) is 0 Å². The Morgan fingerprint density at radius 1 is 1.24 bits per heavy atom. The quantitative estimate of drug-likeness (QED) is 0.747. The van der Waals surface area contributed by atoms with Crippen LogP contribution in [0.1, 0.15) is 28.9 Å². The zero-order valence-corrected chi connectivity index (χ0v) is 11.3. The van der Waals surface area contributed by atoms with Crippen LogP contribution in [0.15, 0.2) is 48.7 Å². The first-order chi connectivity index (χ1) is 10.1. The minimum Gasteiger partial charge on any atom is -0.454 e. The maximum atomic E-state index is 12.9. The van der Waals surface area contributed by atoms with Gasteiger partial charge in [-0.1, -0.05) is 18.2 Å². The fourth-order valence-electron chi connectivity index (χ4n) is 2.09. The molecule has 0 amide bonds. The second-order valence-electron chi connectivity index (χ2n) is 4.77. The first kappa shape index (κ1) is 13.3. The van der Waals surface area contributed by atoms with Gasteiger partial charge in [-0.3, -0.25) is 5.10 Å². The number of nitrogens with zero attached hydrogens (tertiary/aromatic N) is 1. The summed E-state index contributed by atoms with van der Waals surface area (Å²) in [7, 11) is 0. The molecule has 0 saturated heterocycles. The van der Waals surface area contributed by atoms with E-state index < -0.39 is 12.1 Å². The lowest BCUT2D eigenvalue weighted by molar-refractivity contribution is 0.0338. The molecular formula is C16H13FN2O2. The number of benzene rings is 2. The van der Waals surface area contributed by atoms with Gasteiger partial charge < -0.3 is 4.74 Å². The van der Waals surface area contributed by atoms with Gasteiger partial charge in [-0.25, -0.2) is 9.18 Å². The van der Waals surface area contributed by atoms with E-state index in [4.69, 9.17) is 4.74 Å². The highest BCUT2D eigenvalue weighted by atomic mass is 19.1. The van der Waals surface area contributed by atoms with Crippen molar-refractivity contribution in [2.75, 3.05) is 0 Å². The fraction of sp³-hybridized carbons (Fsp3) is 0.125. The van der Waals surface area contributed by atoms with Crippen molar-refractivity contribution in [3.8, 4) is 0 Å². The first-order valence-electron chi connectivity index (χ1n) is 6.53. The molecule has 1 atom stereocenters. The average molecular weight is 284 g/mol. The summed E-state index contributed by atoms with van der Waals surface area (Å²) < 4.78 is 18.3. The Bertz CT molecular complexity index is 780. The number of halogens is 1. The second kappa shape index (κ2) is 5.36. The molecule has 1 unspecified atom stereocenters. The number of fused-ring (bicyclic) bond motifs is 1. The van der Waals surface area contributed by atoms with Gasteiger partial charge in [0.05, 0.1) is 17.3 Å². The van der Waals surface area contributed by atoms with E-state index in [1.807, 2.05) is 0 Å². The van der Waals surface area contributed by atoms with Crippen LogP contribution < -0.4 is 0 Å². The summed E-state index contributed by atoms with van der Waals surface area (Å²) in [4.78, 5) is 12.1. The van der Waals surface area contributed by atoms with Gasteiger partial charge in [-0.2, -0.15) is 5.10 Å². The first-order valence-corrected chi connectivity index (χ1v) is 6.53. The summed E-state index contributed by atoms with van der Waals surface area (Å²) in [6.07, 6.45) is 1.24. The van der Waals surface area contributed by atoms with E-state index >= 15 is 0 Å². The van der Waals surface area contributed by atoms with Crippen molar-refractivity contribution in [1.29, 1.82) is 0 Å². The lowest BCUT2D eigenvalue weighted by Crippen LogP contribution is -2.09. The molecule has 3 rings (SSSR count). The van der Waals surface area contributed by atoms with Gasteiger partial charge in [0.2, 0.25) is 0 Å². The summed E-state index contributed by atoms with van der Waals surface area (Å²) in [5.41, 5.74) is 1.96. The molecule has 1 N–H and O–H groups in total. The number of rotatable bonds is 3. The molecule has 1 aromatic heterocycles. The van der Waals surface area contributed by atoms with Crippen molar-refractivity contribution in [2.24, 2.45) is 0 Å². The monoisotopic (exact) mass is 284 g/mol. The third-order valence-electron chi connectivity index (χ3n) is 3.30. The fourth-order valence-corrected chi connectivity index (χ4v) is 2.09. The van der Waals surface area contributed by atoms with Crippen LogP contribution in [0.4, 0.5) is 4.39 Å². The molecule has 3 aromatic rings. The molecule has 0 aliphatic rings. The molecular weight excluding hydrogens is 271 g/mol. The van der Waals surface area contributed by atoms with Crippen molar-refractivity contribution in [2.45, 2.75) is 13.0 Å². The van der Waals surface area contributed by atoms with Crippen LogP contribution in [-0.4, -0.2) is 16.2 Å². The van der Waals surface area contributed by atoms with Crippen LogP contribution in [0.25, 0.3) is 10.9 Å². The summed E-state index contributed by atoms with van der Waals surface area (Å²) in [6.45, 7) is 1.75. The van der Waals surface area contributed by atoms with Gasteiger partial charge >= 0.3 is 5.97 Å². The number of hydrogen-bond donors (Lipinski definition) is 1. The molecule has 0 fully saturated rings. The molecule has 106 valence electrons. The maximum absolute atomic E-state index is 12.9. The van der Waals surface area contributed by atoms with Crippen molar-refractivity contribution in [1.82, 2.24) is 10.2 Å². The Morgan fingerprint density at radius 2 is 2.00 bits per heavy atom. The summed E-state index contributed by atoms with van der Waals surface area (Å²) in [5, 5.41) is 7.64. The van der Waals surface area contributed by atoms with E-state index in [1.54, 1.807) is 43.5 Å². The van der Waals surface area contributed by atoms with Crippen LogP contribution in [-0.2, 0) is 4.74 Å². The number of hydrogen-bond acceptors (Lipinski definition) is 3. The minimum atomic E-state index is -0.449. The number of nitrogens with one attached hydrogen (secondary N) is 1. The Labute approximate surface area is 120 Å². The van der Waals surface area contributed by atoms with Crippen molar-refractivity contribution >= 4 is 16.9 Å². The number of aromatic amines is 1. The molecule has 2 aromatic carbocycles. The normalized spacial score (nSPS) is 12.3. The molecule has 0 spiro atoms. The van der Waals surface area contributed by atoms with E-state index in [0.29, 0.717) is 5.56 Å². The lowest BCUT2D eigenvalue weighted by atomic mass is 10.1. The van der Waals surface area contributed by atoms with Crippen molar-refractivity contribution in [3.05, 3.63) is 65.6 Å². The van der Waals surface area contributed by atoms with Gasteiger partial charge in [-0.15, -0.1) is 0 Å². The van der Waals surface area contributed by atoms with Crippen LogP contribution in [0.2, 0.25) is 0 Å². The van der Waals surface area contributed by atoms with E-state index in [1.165, 1.54) is 12.1 Å². The molecule has 0 aliphatic carbocycles. The topological polar surface area (TPSA) is 55.0 Å². The summed E-state index contributed by atoms with van der Waals surface area (Å²) >= 11 is 0. The zero-order chi connectivity index (χ0) is 14.8. The highest BCUT2D eigenvalue weighted by Gasteiger charge is 2.14. The third kappa shape index (κ3) is 2.76.